The fourth-order valence-corrected chi connectivity index (χ4v) is 2.52. The lowest BCUT2D eigenvalue weighted by molar-refractivity contribution is 0.600. The number of thiazole rings is 1. The fraction of sp³-hybridized carbons (Fsp3) is 0.500. The van der Waals surface area contributed by atoms with Crippen molar-refractivity contribution in [2.45, 2.75) is 32.9 Å². The molecule has 0 fully saturated rings. The van der Waals surface area contributed by atoms with Crippen molar-refractivity contribution in [2.75, 3.05) is 7.05 Å². The minimum absolute atomic E-state index is 0.144. The molecule has 2 rings (SSSR count). The molecule has 4 nitrogen and oxygen atoms in total. The van der Waals surface area contributed by atoms with Crippen LogP contribution in [0.4, 0.5) is 0 Å². The molecule has 0 bridgehead atoms. The fourth-order valence-electron chi connectivity index (χ4n) is 1.88. The van der Waals surface area contributed by atoms with E-state index in [9.17, 15) is 0 Å². The van der Waals surface area contributed by atoms with Crippen LogP contribution < -0.4 is 5.32 Å². The Balaban J connectivity index is 2.22. The van der Waals surface area contributed by atoms with E-state index in [1.54, 1.807) is 11.3 Å². The Morgan fingerprint density at radius 1 is 1.53 bits per heavy atom. The van der Waals surface area contributed by atoms with Crippen LogP contribution in [0.3, 0.4) is 0 Å². The van der Waals surface area contributed by atoms with Gasteiger partial charge in [-0.2, -0.15) is 5.10 Å². The molecule has 1 unspecified atom stereocenters. The van der Waals surface area contributed by atoms with Gasteiger partial charge in [0.15, 0.2) is 0 Å². The summed E-state index contributed by atoms with van der Waals surface area (Å²) in [5.41, 5.74) is 2.25. The van der Waals surface area contributed by atoms with Crippen molar-refractivity contribution < 1.29 is 0 Å². The molecular formula is C12H18N4S. The summed E-state index contributed by atoms with van der Waals surface area (Å²) in [6.07, 6.45) is 5.12. The third-order valence-corrected chi connectivity index (χ3v) is 3.45. The van der Waals surface area contributed by atoms with Crippen LogP contribution in [0, 0.1) is 6.92 Å². The van der Waals surface area contributed by atoms with Gasteiger partial charge in [-0.25, -0.2) is 4.98 Å². The number of nitrogens with zero attached hydrogens (tertiary/aromatic N) is 3. The largest absolute Gasteiger partial charge is 0.308 e. The molecule has 0 aliphatic heterocycles. The van der Waals surface area contributed by atoms with E-state index < -0.39 is 0 Å². The average molecular weight is 250 g/mol. The van der Waals surface area contributed by atoms with E-state index >= 15 is 0 Å². The first-order valence-electron chi connectivity index (χ1n) is 5.86. The molecule has 0 saturated carbocycles. The maximum absolute atomic E-state index is 4.53. The molecule has 2 heterocycles. The van der Waals surface area contributed by atoms with Crippen LogP contribution in [0.1, 0.15) is 35.7 Å². The topological polar surface area (TPSA) is 42.7 Å². The Kier molecular flexibility index (Phi) is 3.91. The zero-order chi connectivity index (χ0) is 12.3. The molecule has 0 spiro atoms. The maximum Gasteiger partial charge on any atom is 0.0898 e. The highest BCUT2D eigenvalue weighted by atomic mass is 32.1. The average Bonchev–Trinajstić information content (AvgIpc) is 2.91. The van der Waals surface area contributed by atoms with E-state index in [1.165, 1.54) is 5.56 Å². The van der Waals surface area contributed by atoms with Crippen LogP contribution in [0.15, 0.2) is 17.8 Å². The molecule has 1 atom stereocenters. The first kappa shape index (κ1) is 12.3. The molecule has 0 aliphatic rings. The predicted molar refractivity (Wildman–Crippen MR) is 70.3 cm³/mol. The van der Waals surface area contributed by atoms with Gasteiger partial charge in [-0.3, -0.25) is 4.68 Å². The summed E-state index contributed by atoms with van der Waals surface area (Å²) in [4.78, 5) is 4.53. The van der Waals surface area contributed by atoms with E-state index in [4.69, 9.17) is 0 Å². The van der Waals surface area contributed by atoms with Crippen LogP contribution in [0.2, 0.25) is 0 Å². The lowest BCUT2D eigenvalue weighted by atomic mass is 10.1. The highest BCUT2D eigenvalue weighted by Crippen LogP contribution is 2.22. The Labute approximate surface area is 106 Å². The number of aromatic nitrogens is 3. The molecule has 0 amide bonds. The third kappa shape index (κ3) is 2.73. The van der Waals surface area contributed by atoms with Crippen LogP contribution in [0.5, 0.6) is 0 Å². The van der Waals surface area contributed by atoms with Gasteiger partial charge in [-0.1, -0.05) is 6.92 Å². The van der Waals surface area contributed by atoms with Crippen molar-refractivity contribution in [2.24, 2.45) is 0 Å². The van der Waals surface area contributed by atoms with Gasteiger partial charge in [0, 0.05) is 23.7 Å². The van der Waals surface area contributed by atoms with Gasteiger partial charge in [0.1, 0.15) is 0 Å². The molecule has 0 radical (unpaired) electrons. The van der Waals surface area contributed by atoms with E-state index in [2.05, 4.69) is 33.9 Å². The zero-order valence-electron chi connectivity index (χ0n) is 10.5. The minimum Gasteiger partial charge on any atom is -0.308 e. The highest BCUT2D eigenvalue weighted by molar-refractivity contribution is 7.09. The maximum atomic E-state index is 4.53. The number of hydrogen-bond donors (Lipinski definition) is 1. The van der Waals surface area contributed by atoms with Crippen molar-refractivity contribution in [1.29, 1.82) is 0 Å². The van der Waals surface area contributed by atoms with E-state index in [0.29, 0.717) is 0 Å². The standard InChI is InChI=1S/C12H18N4S/c1-4-5-16-7-10(6-14-16)12(13-3)11-8-17-9(2)15-11/h6-8,12-13H,4-5H2,1-3H3. The van der Waals surface area contributed by atoms with Crippen molar-refractivity contribution in [1.82, 2.24) is 20.1 Å². The summed E-state index contributed by atoms with van der Waals surface area (Å²) in [6, 6.07) is 0.144. The second-order valence-electron chi connectivity index (χ2n) is 4.05. The predicted octanol–water partition coefficient (Wildman–Crippen LogP) is 2.37. The summed E-state index contributed by atoms with van der Waals surface area (Å²) >= 11 is 1.68. The van der Waals surface area contributed by atoms with E-state index in [1.807, 2.05) is 24.9 Å². The van der Waals surface area contributed by atoms with Gasteiger partial charge in [-0.15, -0.1) is 11.3 Å². The number of rotatable bonds is 5. The smallest absolute Gasteiger partial charge is 0.0898 e. The Bertz CT molecular complexity index is 474. The normalized spacial score (nSPS) is 12.9. The Hall–Kier alpha value is -1.20. The van der Waals surface area contributed by atoms with Gasteiger partial charge in [-0.05, 0) is 20.4 Å². The van der Waals surface area contributed by atoms with Gasteiger partial charge < -0.3 is 5.32 Å². The molecule has 2 aromatic rings. The number of nitrogens with one attached hydrogen (secondary N) is 1. The number of hydrogen-bond acceptors (Lipinski definition) is 4. The molecule has 0 aliphatic carbocycles. The molecule has 0 saturated heterocycles. The molecule has 5 heteroatoms. The Morgan fingerprint density at radius 3 is 2.94 bits per heavy atom. The molecule has 17 heavy (non-hydrogen) atoms. The van der Waals surface area contributed by atoms with Crippen LogP contribution in [-0.2, 0) is 6.54 Å². The highest BCUT2D eigenvalue weighted by Gasteiger charge is 2.16. The Morgan fingerprint density at radius 2 is 2.35 bits per heavy atom. The van der Waals surface area contributed by atoms with Crippen molar-refractivity contribution >= 4 is 11.3 Å². The van der Waals surface area contributed by atoms with Crippen molar-refractivity contribution in [3.8, 4) is 0 Å². The molecule has 2 aromatic heterocycles. The minimum atomic E-state index is 0.144. The number of aryl methyl sites for hydroxylation is 2. The van der Waals surface area contributed by atoms with Crippen LogP contribution >= 0.6 is 11.3 Å². The zero-order valence-corrected chi connectivity index (χ0v) is 11.3. The summed E-state index contributed by atoms with van der Waals surface area (Å²) in [5, 5.41) is 10.9. The lowest BCUT2D eigenvalue weighted by Gasteiger charge is -2.11. The lowest BCUT2D eigenvalue weighted by Crippen LogP contribution is -2.17. The second kappa shape index (κ2) is 5.42. The van der Waals surface area contributed by atoms with Crippen molar-refractivity contribution in [3.05, 3.63) is 34.0 Å². The monoisotopic (exact) mass is 250 g/mol. The van der Waals surface area contributed by atoms with E-state index in [-0.39, 0.29) is 6.04 Å². The summed E-state index contributed by atoms with van der Waals surface area (Å²) in [7, 11) is 1.95. The van der Waals surface area contributed by atoms with Crippen LogP contribution in [-0.4, -0.2) is 21.8 Å². The second-order valence-corrected chi connectivity index (χ2v) is 5.11. The first-order chi connectivity index (χ1) is 8.24. The van der Waals surface area contributed by atoms with Crippen LogP contribution in [0.25, 0.3) is 0 Å². The molecular weight excluding hydrogens is 232 g/mol. The van der Waals surface area contributed by atoms with Crippen molar-refractivity contribution in [3.63, 3.8) is 0 Å². The first-order valence-corrected chi connectivity index (χ1v) is 6.74. The van der Waals surface area contributed by atoms with E-state index in [0.717, 1.165) is 23.7 Å². The third-order valence-electron chi connectivity index (χ3n) is 2.66. The molecule has 0 aromatic carbocycles. The van der Waals surface area contributed by atoms with Gasteiger partial charge >= 0.3 is 0 Å². The molecule has 92 valence electrons. The molecule has 1 N–H and O–H groups in total. The van der Waals surface area contributed by atoms with Gasteiger partial charge in [0.05, 0.1) is 22.9 Å². The van der Waals surface area contributed by atoms with Gasteiger partial charge in [0.2, 0.25) is 0 Å². The van der Waals surface area contributed by atoms with Gasteiger partial charge in [0.25, 0.3) is 0 Å². The summed E-state index contributed by atoms with van der Waals surface area (Å²) < 4.78 is 1.99. The summed E-state index contributed by atoms with van der Waals surface area (Å²) in [6.45, 7) is 5.15. The summed E-state index contributed by atoms with van der Waals surface area (Å²) in [5.74, 6) is 0. The SMILES string of the molecule is CCCn1cc(C(NC)c2csc(C)n2)cn1. The quantitative estimate of drug-likeness (QED) is 0.886.